The summed E-state index contributed by atoms with van der Waals surface area (Å²) in [5, 5.41) is 14.2. The average Bonchev–Trinajstić information content (AvgIpc) is 2.60. The molecule has 1 aliphatic rings. The largest absolute Gasteiger partial charge is 0.315 e. The maximum Gasteiger partial charge on any atom is 0.287 e. The highest BCUT2D eigenvalue weighted by Crippen LogP contribution is 2.44. The molecule has 1 fully saturated rings. The standard InChI is InChI=1S/C19H13ClN2O2S/c20-14-10-8-13(9-11-14)17-18(22(23)24)19(25)21(17)16-7-3-5-12-4-1-2-6-15(12)16/h1-11,17-18H/t17-,18+/m0/s1. The molecule has 4 rings (SSSR count). The number of fused-ring (bicyclic) bond motifs is 1. The van der Waals surface area contributed by atoms with Crippen LogP contribution < -0.4 is 4.90 Å². The number of benzene rings is 3. The van der Waals surface area contributed by atoms with E-state index in [-0.39, 0.29) is 4.92 Å². The van der Waals surface area contributed by atoms with Crippen molar-refractivity contribution in [2.45, 2.75) is 12.1 Å². The normalized spacial score (nSPS) is 19.7. The van der Waals surface area contributed by atoms with Gasteiger partial charge >= 0.3 is 0 Å². The summed E-state index contributed by atoms with van der Waals surface area (Å²) < 4.78 is 0. The van der Waals surface area contributed by atoms with Crippen molar-refractivity contribution in [1.82, 2.24) is 0 Å². The van der Waals surface area contributed by atoms with Crippen molar-refractivity contribution in [3.8, 4) is 0 Å². The number of nitrogens with zero attached hydrogens (tertiary/aromatic N) is 2. The van der Waals surface area contributed by atoms with Crippen molar-refractivity contribution in [3.63, 3.8) is 0 Å². The Labute approximate surface area is 154 Å². The van der Waals surface area contributed by atoms with Crippen molar-refractivity contribution in [1.29, 1.82) is 0 Å². The number of halogens is 1. The Morgan fingerprint density at radius 2 is 1.68 bits per heavy atom. The van der Waals surface area contributed by atoms with Crippen LogP contribution in [0.15, 0.2) is 66.7 Å². The minimum Gasteiger partial charge on any atom is -0.315 e. The summed E-state index contributed by atoms with van der Waals surface area (Å²) in [5.41, 5.74) is 1.72. The lowest BCUT2D eigenvalue weighted by Crippen LogP contribution is -2.61. The molecule has 1 aliphatic heterocycles. The van der Waals surface area contributed by atoms with Crippen LogP contribution in [0.4, 0.5) is 5.69 Å². The first-order valence-electron chi connectivity index (χ1n) is 7.78. The van der Waals surface area contributed by atoms with Crippen LogP contribution in [-0.4, -0.2) is 16.0 Å². The predicted octanol–water partition coefficient (Wildman–Crippen LogP) is 5.03. The van der Waals surface area contributed by atoms with Crippen molar-refractivity contribution in [3.05, 3.63) is 87.4 Å². The first kappa shape index (κ1) is 16.0. The second-order valence-electron chi connectivity index (χ2n) is 5.93. The Bertz CT molecular complexity index is 985. The Hall–Kier alpha value is -2.50. The molecule has 0 radical (unpaired) electrons. The van der Waals surface area contributed by atoms with E-state index in [9.17, 15) is 10.1 Å². The van der Waals surface area contributed by atoms with Gasteiger partial charge in [-0.05, 0) is 29.1 Å². The molecule has 6 heteroatoms. The van der Waals surface area contributed by atoms with E-state index in [1.807, 2.05) is 59.5 Å². The van der Waals surface area contributed by atoms with E-state index >= 15 is 0 Å². The maximum atomic E-state index is 11.5. The molecule has 0 aliphatic carbocycles. The molecule has 1 saturated heterocycles. The quantitative estimate of drug-likeness (QED) is 0.369. The molecule has 0 bridgehead atoms. The second kappa shape index (κ2) is 6.10. The third kappa shape index (κ3) is 2.56. The van der Waals surface area contributed by atoms with Crippen molar-refractivity contribution in [2.24, 2.45) is 0 Å². The Kier molecular flexibility index (Phi) is 3.90. The van der Waals surface area contributed by atoms with Crippen LogP contribution in [0.3, 0.4) is 0 Å². The van der Waals surface area contributed by atoms with Crippen LogP contribution in [0.5, 0.6) is 0 Å². The molecule has 25 heavy (non-hydrogen) atoms. The van der Waals surface area contributed by atoms with Crippen molar-refractivity contribution >= 4 is 45.3 Å². The highest BCUT2D eigenvalue weighted by Gasteiger charge is 2.54. The molecule has 2 atom stereocenters. The highest BCUT2D eigenvalue weighted by atomic mass is 35.5. The lowest BCUT2D eigenvalue weighted by molar-refractivity contribution is -0.512. The fourth-order valence-corrected chi connectivity index (χ4v) is 3.91. The van der Waals surface area contributed by atoms with Crippen LogP contribution in [0.1, 0.15) is 11.6 Å². The molecule has 3 aromatic rings. The summed E-state index contributed by atoms with van der Waals surface area (Å²) in [4.78, 5) is 13.5. The molecule has 0 amide bonds. The summed E-state index contributed by atoms with van der Waals surface area (Å²) in [6.07, 6.45) is 0. The number of nitro groups is 1. The molecule has 0 aromatic heterocycles. The average molecular weight is 369 g/mol. The van der Waals surface area contributed by atoms with Gasteiger partial charge in [0.25, 0.3) is 6.04 Å². The SMILES string of the molecule is O=[N+]([O-])[C@H]1C(=S)N(c2cccc3ccccc23)[C@H]1c1ccc(Cl)cc1. The van der Waals surface area contributed by atoms with Gasteiger partial charge in [0.2, 0.25) is 0 Å². The number of thiocarbonyl (C=S) groups is 1. The molecular weight excluding hydrogens is 356 g/mol. The van der Waals surface area contributed by atoms with Gasteiger partial charge in [-0.3, -0.25) is 10.1 Å². The predicted molar refractivity (Wildman–Crippen MR) is 104 cm³/mol. The molecule has 0 unspecified atom stereocenters. The van der Waals surface area contributed by atoms with Gasteiger partial charge in [0.05, 0.1) is 5.69 Å². The Morgan fingerprint density at radius 1 is 1.00 bits per heavy atom. The van der Waals surface area contributed by atoms with Crippen LogP contribution >= 0.6 is 23.8 Å². The molecule has 4 nitrogen and oxygen atoms in total. The van der Waals surface area contributed by atoms with E-state index in [1.165, 1.54) is 0 Å². The third-order valence-electron chi connectivity index (χ3n) is 4.53. The Balaban J connectivity index is 1.85. The number of rotatable bonds is 3. The fraction of sp³-hybridized carbons (Fsp3) is 0.105. The number of hydrogen-bond acceptors (Lipinski definition) is 3. The Morgan fingerprint density at radius 3 is 2.40 bits per heavy atom. The van der Waals surface area contributed by atoms with Gasteiger partial charge in [-0.2, -0.15) is 0 Å². The zero-order chi connectivity index (χ0) is 17.6. The van der Waals surface area contributed by atoms with E-state index in [0.29, 0.717) is 10.0 Å². The van der Waals surface area contributed by atoms with Gasteiger partial charge in [-0.25, -0.2) is 0 Å². The van der Waals surface area contributed by atoms with Crippen molar-refractivity contribution in [2.75, 3.05) is 4.90 Å². The highest BCUT2D eigenvalue weighted by molar-refractivity contribution is 7.80. The minimum absolute atomic E-state index is 0.302. The van der Waals surface area contributed by atoms with Crippen molar-refractivity contribution < 1.29 is 4.92 Å². The molecule has 3 aromatic carbocycles. The van der Waals surface area contributed by atoms with Gasteiger partial charge < -0.3 is 4.90 Å². The van der Waals surface area contributed by atoms with Crippen LogP contribution in [0.2, 0.25) is 5.02 Å². The van der Waals surface area contributed by atoms with E-state index in [0.717, 1.165) is 22.0 Å². The van der Waals surface area contributed by atoms with E-state index in [2.05, 4.69) is 0 Å². The number of hydrogen-bond donors (Lipinski definition) is 0. The lowest BCUT2D eigenvalue weighted by atomic mass is 9.88. The smallest absolute Gasteiger partial charge is 0.287 e. The van der Waals surface area contributed by atoms with Gasteiger partial charge in [0.1, 0.15) is 6.04 Å². The topological polar surface area (TPSA) is 46.4 Å². The minimum atomic E-state index is -0.907. The summed E-state index contributed by atoms with van der Waals surface area (Å²) >= 11 is 11.4. The molecular formula is C19H13ClN2O2S. The van der Waals surface area contributed by atoms with Gasteiger partial charge in [-0.15, -0.1) is 0 Å². The van der Waals surface area contributed by atoms with Crippen LogP contribution in [0.25, 0.3) is 10.8 Å². The molecule has 0 spiro atoms. The van der Waals surface area contributed by atoms with E-state index < -0.39 is 12.1 Å². The number of anilines is 1. The third-order valence-corrected chi connectivity index (χ3v) is 5.22. The van der Waals surface area contributed by atoms with Gasteiger partial charge in [-0.1, -0.05) is 72.3 Å². The zero-order valence-electron chi connectivity index (χ0n) is 13.0. The second-order valence-corrected chi connectivity index (χ2v) is 6.79. The van der Waals surface area contributed by atoms with Crippen LogP contribution in [-0.2, 0) is 0 Å². The van der Waals surface area contributed by atoms with Gasteiger partial charge in [0.15, 0.2) is 4.99 Å². The first-order chi connectivity index (χ1) is 12.1. The van der Waals surface area contributed by atoms with Gasteiger partial charge in [0, 0.05) is 15.3 Å². The first-order valence-corrected chi connectivity index (χ1v) is 8.56. The molecule has 1 heterocycles. The fourth-order valence-electron chi connectivity index (χ4n) is 3.36. The molecule has 0 saturated carbocycles. The monoisotopic (exact) mass is 368 g/mol. The summed E-state index contributed by atoms with van der Waals surface area (Å²) in [6.45, 7) is 0. The lowest BCUT2D eigenvalue weighted by Gasteiger charge is -2.45. The zero-order valence-corrected chi connectivity index (χ0v) is 14.6. The maximum absolute atomic E-state index is 11.5. The molecule has 0 N–H and O–H groups in total. The van der Waals surface area contributed by atoms with Crippen LogP contribution in [0, 0.1) is 10.1 Å². The summed E-state index contributed by atoms with van der Waals surface area (Å²) in [5.74, 6) is 0. The summed E-state index contributed by atoms with van der Waals surface area (Å²) in [6, 6.07) is 19.7. The van der Waals surface area contributed by atoms with E-state index in [1.54, 1.807) is 12.1 Å². The molecule has 124 valence electrons. The van der Waals surface area contributed by atoms with E-state index in [4.69, 9.17) is 23.8 Å². The summed E-state index contributed by atoms with van der Waals surface area (Å²) in [7, 11) is 0.